The van der Waals surface area contributed by atoms with E-state index in [1.807, 2.05) is 19.1 Å². The lowest BCUT2D eigenvalue weighted by molar-refractivity contribution is 0.0929. The highest BCUT2D eigenvalue weighted by Gasteiger charge is 2.24. The van der Waals surface area contributed by atoms with Gasteiger partial charge in [-0.05, 0) is 30.4 Å². The van der Waals surface area contributed by atoms with Gasteiger partial charge in [0.05, 0.1) is 5.69 Å². The third kappa shape index (κ3) is 2.43. The zero-order valence-corrected chi connectivity index (χ0v) is 12.0. The van der Waals surface area contributed by atoms with E-state index in [1.165, 1.54) is 11.1 Å². The van der Waals surface area contributed by atoms with Crippen LogP contribution < -0.4 is 5.32 Å². The summed E-state index contributed by atoms with van der Waals surface area (Å²) >= 11 is 5.96. The van der Waals surface area contributed by atoms with E-state index in [9.17, 15) is 4.79 Å². The van der Waals surface area contributed by atoms with Crippen molar-refractivity contribution < 1.29 is 4.79 Å². The zero-order chi connectivity index (χ0) is 14.1. The van der Waals surface area contributed by atoms with Crippen molar-refractivity contribution >= 4 is 17.5 Å². The smallest absolute Gasteiger partial charge is 0.287 e. The van der Waals surface area contributed by atoms with E-state index in [2.05, 4.69) is 27.4 Å². The lowest BCUT2D eigenvalue weighted by Crippen LogP contribution is -2.35. The van der Waals surface area contributed by atoms with Gasteiger partial charge >= 0.3 is 0 Å². The van der Waals surface area contributed by atoms with Gasteiger partial charge in [-0.1, -0.05) is 42.8 Å². The van der Waals surface area contributed by atoms with Gasteiger partial charge in [-0.2, -0.15) is 0 Å². The second-order valence-electron chi connectivity index (χ2n) is 5.06. The summed E-state index contributed by atoms with van der Waals surface area (Å²) in [7, 11) is 0. The van der Waals surface area contributed by atoms with Crippen LogP contribution in [0.15, 0.2) is 24.3 Å². The summed E-state index contributed by atoms with van der Waals surface area (Å²) in [5.41, 5.74) is 3.42. The van der Waals surface area contributed by atoms with Crippen LogP contribution in [0.4, 0.5) is 0 Å². The van der Waals surface area contributed by atoms with Gasteiger partial charge in [-0.3, -0.25) is 4.79 Å². The van der Waals surface area contributed by atoms with Crippen molar-refractivity contribution in [1.29, 1.82) is 0 Å². The minimum atomic E-state index is -0.190. The highest BCUT2D eigenvalue weighted by molar-refractivity contribution is 6.30. The van der Waals surface area contributed by atoms with Gasteiger partial charge in [-0.15, -0.1) is 0 Å². The van der Waals surface area contributed by atoms with Gasteiger partial charge in [0.1, 0.15) is 0 Å². The number of aryl methyl sites for hydroxylation is 1. The molecule has 0 aliphatic heterocycles. The Kier molecular flexibility index (Phi) is 3.49. The number of halogens is 1. The summed E-state index contributed by atoms with van der Waals surface area (Å²) in [4.78, 5) is 19.2. The number of benzene rings is 1. The lowest BCUT2D eigenvalue weighted by Gasteiger charge is -2.10. The molecular formula is C15H16ClN3O. The van der Waals surface area contributed by atoms with Crippen LogP contribution in [0.5, 0.6) is 0 Å². The lowest BCUT2D eigenvalue weighted by atomic mass is 10.1. The number of amides is 1. The molecule has 0 bridgehead atoms. The fourth-order valence-corrected chi connectivity index (χ4v) is 2.91. The van der Waals surface area contributed by atoms with Crippen LogP contribution in [-0.4, -0.2) is 21.9 Å². The van der Waals surface area contributed by atoms with Crippen molar-refractivity contribution in [3.8, 4) is 0 Å². The molecule has 3 rings (SSSR count). The monoisotopic (exact) mass is 289 g/mol. The first-order valence-electron chi connectivity index (χ1n) is 6.79. The van der Waals surface area contributed by atoms with Gasteiger partial charge in [0.15, 0.2) is 11.0 Å². The molecule has 0 radical (unpaired) electrons. The third-order valence-corrected chi connectivity index (χ3v) is 4.00. The van der Waals surface area contributed by atoms with Gasteiger partial charge in [0.2, 0.25) is 0 Å². The Hall–Kier alpha value is -1.81. The summed E-state index contributed by atoms with van der Waals surface area (Å²) in [6.07, 6.45) is 2.47. The van der Waals surface area contributed by atoms with E-state index in [1.54, 1.807) is 0 Å². The highest BCUT2D eigenvalue weighted by Crippen LogP contribution is 2.22. The Bertz CT molecular complexity index is 625. The molecule has 0 unspecified atom stereocenters. The molecule has 1 aromatic carbocycles. The van der Waals surface area contributed by atoms with E-state index in [4.69, 9.17) is 11.6 Å². The Morgan fingerprint density at radius 2 is 2.05 bits per heavy atom. The van der Waals surface area contributed by atoms with Crippen LogP contribution in [0.2, 0.25) is 5.15 Å². The van der Waals surface area contributed by atoms with Crippen molar-refractivity contribution in [2.45, 2.75) is 32.2 Å². The first-order chi connectivity index (χ1) is 9.67. The number of rotatable bonds is 3. The van der Waals surface area contributed by atoms with Crippen LogP contribution in [0.1, 0.15) is 34.4 Å². The number of aromatic nitrogens is 2. The van der Waals surface area contributed by atoms with Gasteiger partial charge in [-0.25, -0.2) is 4.98 Å². The number of nitrogens with one attached hydrogen (secondary N) is 2. The number of nitrogens with zero attached hydrogens (tertiary/aromatic N) is 1. The summed E-state index contributed by atoms with van der Waals surface area (Å²) in [6, 6.07) is 8.42. The molecule has 0 atom stereocenters. The molecule has 1 heterocycles. The molecule has 1 aliphatic carbocycles. The van der Waals surface area contributed by atoms with Crippen LogP contribution in [0.25, 0.3) is 0 Å². The minimum absolute atomic E-state index is 0.133. The molecule has 2 aromatic rings. The molecule has 0 saturated carbocycles. The molecule has 0 saturated heterocycles. The Morgan fingerprint density at radius 3 is 2.60 bits per heavy atom. The van der Waals surface area contributed by atoms with Crippen molar-refractivity contribution in [3.63, 3.8) is 0 Å². The average molecular weight is 290 g/mol. The molecule has 0 spiro atoms. The van der Waals surface area contributed by atoms with E-state index in [0.717, 1.165) is 25.0 Å². The summed E-state index contributed by atoms with van der Waals surface area (Å²) < 4.78 is 0. The highest BCUT2D eigenvalue weighted by atomic mass is 35.5. The van der Waals surface area contributed by atoms with Crippen molar-refractivity contribution in [2.75, 3.05) is 0 Å². The van der Waals surface area contributed by atoms with Crippen LogP contribution >= 0.6 is 11.6 Å². The fourth-order valence-electron chi connectivity index (χ4n) is 2.64. The molecule has 0 fully saturated rings. The molecule has 1 amide bonds. The van der Waals surface area contributed by atoms with E-state index in [0.29, 0.717) is 11.0 Å². The number of carbonyl (C=O) groups excluding carboxylic acids is 1. The predicted molar refractivity (Wildman–Crippen MR) is 78.1 cm³/mol. The van der Waals surface area contributed by atoms with Crippen LogP contribution in [-0.2, 0) is 19.3 Å². The molecule has 2 N–H and O–H groups in total. The quantitative estimate of drug-likeness (QED) is 0.912. The number of hydrogen-bond donors (Lipinski definition) is 2. The largest absolute Gasteiger partial charge is 0.346 e. The minimum Gasteiger partial charge on any atom is -0.346 e. The van der Waals surface area contributed by atoms with E-state index < -0.39 is 0 Å². The molecular weight excluding hydrogens is 274 g/mol. The molecule has 5 heteroatoms. The second kappa shape index (κ2) is 5.29. The summed E-state index contributed by atoms with van der Waals surface area (Å²) in [6.45, 7) is 1.97. The average Bonchev–Trinajstić information content (AvgIpc) is 3.01. The predicted octanol–water partition coefficient (Wildman–Crippen LogP) is 2.52. The van der Waals surface area contributed by atoms with E-state index in [-0.39, 0.29) is 11.9 Å². The van der Waals surface area contributed by atoms with E-state index >= 15 is 0 Å². The summed E-state index contributed by atoms with van der Waals surface area (Å²) in [5.74, 6) is 0.104. The molecule has 104 valence electrons. The standard InChI is InChI=1S/C15H16ClN3O/c1-2-12-13(16)19-14(18-12)15(20)17-11-7-9-5-3-4-6-10(9)8-11/h3-6,11H,2,7-8H2,1H3,(H,17,20)(H,18,19). The topological polar surface area (TPSA) is 57.8 Å². The van der Waals surface area contributed by atoms with Gasteiger partial charge in [0.25, 0.3) is 5.91 Å². The number of hydrogen-bond acceptors (Lipinski definition) is 2. The number of imidazole rings is 1. The fraction of sp³-hybridized carbons (Fsp3) is 0.333. The van der Waals surface area contributed by atoms with Crippen molar-refractivity contribution in [1.82, 2.24) is 15.3 Å². The second-order valence-corrected chi connectivity index (χ2v) is 5.41. The Morgan fingerprint density at radius 1 is 1.40 bits per heavy atom. The maximum absolute atomic E-state index is 12.2. The maximum atomic E-state index is 12.2. The number of fused-ring (bicyclic) bond motifs is 1. The molecule has 1 aromatic heterocycles. The number of carbonyl (C=O) groups is 1. The maximum Gasteiger partial charge on any atom is 0.287 e. The number of aromatic amines is 1. The molecule has 20 heavy (non-hydrogen) atoms. The number of H-pyrrole nitrogens is 1. The van der Waals surface area contributed by atoms with Crippen LogP contribution in [0, 0.1) is 0 Å². The zero-order valence-electron chi connectivity index (χ0n) is 11.2. The molecule has 1 aliphatic rings. The van der Waals surface area contributed by atoms with Gasteiger partial charge < -0.3 is 10.3 Å². The van der Waals surface area contributed by atoms with Crippen LogP contribution in [0.3, 0.4) is 0 Å². The normalized spacial score (nSPS) is 14.3. The SMILES string of the molecule is CCc1[nH]c(C(=O)NC2Cc3ccccc3C2)nc1Cl. The van der Waals surface area contributed by atoms with Crippen molar-refractivity contribution in [2.24, 2.45) is 0 Å². The van der Waals surface area contributed by atoms with Gasteiger partial charge in [0, 0.05) is 6.04 Å². The Labute approximate surface area is 122 Å². The molecule has 4 nitrogen and oxygen atoms in total. The third-order valence-electron chi connectivity index (χ3n) is 3.68. The van der Waals surface area contributed by atoms with Crippen molar-refractivity contribution in [3.05, 3.63) is 52.1 Å². The Balaban J connectivity index is 1.68. The summed E-state index contributed by atoms with van der Waals surface area (Å²) in [5, 5.41) is 3.40. The first-order valence-corrected chi connectivity index (χ1v) is 7.17. The first kappa shape index (κ1) is 13.2.